The van der Waals surface area contributed by atoms with E-state index in [2.05, 4.69) is 55.6 Å². The quantitative estimate of drug-likeness (QED) is 0.0261. The van der Waals surface area contributed by atoms with Gasteiger partial charge < -0.3 is 40.3 Å². The number of nitrogens with one attached hydrogen (secondary N) is 1. The Morgan fingerprint density at radius 3 is 1.25 bits per heavy atom. The summed E-state index contributed by atoms with van der Waals surface area (Å²) in [6.45, 7) is 3.78. The molecule has 1 aliphatic rings. The van der Waals surface area contributed by atoms with Crippen molar-refractivity contribution in [2.75, 3.05) is 13.2 Å². The number of aliphatic hydroxyl groups excluding tert-OH is 5. The van der Waals surface area contributed by atoms with Gasteiger partial charge in [0.05, 0.1) is 25.4 Å². The molecule has 0 aromatic heterocycles. The zero-order valence-electron chi connectivity index (χ0n) is 46.9. The molecule has 1 rings (SSSR count). The minimum Gasteiger partial charge on any atom is -0.394 e. The summed E-state index contributed by atoms with van der Waals surface area (Å²) < 4.78 is 11.3. The molecule has 7 atom stereocenters. The van der Waals surface area contributed by atoms with Crippen LogP contribution in [0.2, 0.25) is 0 Å². The predicted molar refractivity (Wildman–Crippen MR) is 304 cm³/mol. The van der Waals surface area contributed by atoms with Gasteiger partial charge in [0.15, 0.2) is 6.29 Å². The van der Waals surface area contributed by atoms with Crippen molar-refractivity contribution in [3.63, 3.8) is 0 Å². The highest BCUT2D eigenvalue weighted by molar-refractivity contribution is 5.76. The number of aliphatic hydroxyl groups is 5. The Morgan fingerprint density at radius 2 is 0.833 bits per heavy atom. The lowest BCUT2D eigenvalue weighted by Crippen LogP contribution is -2.60. The molecule has 422 valence electrons. The lowest BCUT2D eigenvalue weighted by atomic mass is 9.99. The molecule has 0 aromatic rings. The summed E-state index contributed by atoms with van der Waals surface area (Å²) >= 11 is 0. The summed E-state index contributed by atoms with van der Waals surface area (Å²) in [5.41, 5.74) is 0. The van der Waals surface area contributed by atoms with Gasteiger partial charge in [-0.2, -0.15) is 0 Å². The summed E-state index contributed by atoms with van der Waals surface area (Å²) in [5, 5.41) is 54.6. The number of unbranched alkanes of at least 4 members (excludes halogenated alkanes) is 37. The van der Waals surface area contributed by atoms with E-state index in [0.717, 1.165) is 44.9 Å². The average Bonchev–Trinajstić information content (AvgIpc) is 3.38. The number of carbonyl (C=O) groups excluding carboxylic acids is 1. The van der Waals surface area contributed by atoms with E-state index in [9.17, 15) is 30.3 Å². The molecule has 72 heavy (non-hydrogen) atoms. The van der Waals surface area contributed by atoms with Gasteiger partial charge >= 0.3 is 0 Å². The highest BCUT2D eigenvalue weighted by Gasteiger charge is 2.44. The van der Waals surface area contributed by atoms with Crippen molar-refractivity contribution >= 4 is 5.91 Å². The summed E-state index contributed by atoms with van der Waals surface area (Å²) in [6.07, 6.45) is 63.3. The van der Waals surface area contributed by atoms with Crippen LogP contribution in [0.4, 0.5) is 0 Å². The van der Waals surface area contributed by atoms with Gasteiger partial charge in [-0.3, -0.25) is 4.79 Å². The Balaban J connectivity index is 2.21. The fourth-order valence-corrected chi connectivity index (χ4v) is 9.73. The van der Waals surface area contributed by atoms with E-state index >= 15 is 0 Å². The lowest BCUT2D eigenvalue weighted by molar-refractivity contribution is -0.302. The monoisotopic (exact) mass is 1020 g/mol. The maximum absolute atomic E-state index is 13.1. The van der Waals surface area contributed by atoms with Crippen molar-refractivity contribution < 1.29 is 39.8 Å². The molecular formula is C63H117NO8. The molecule has 1 saturated heterocycles. The molecule has 1 aliphatic heterocycles. The largest absolute Gasteiger partial charge is 0.394 e. The SMILES string of the molecule is CCCCCCC/C=C\C/C=C\CCCCCCCCCCCCCCCCCC(=O)NC(COC1OC(CO)C(O)C(O)C1O)C(O)/C=C/CC/C=C/CCCCCCCCCCCCCCCCCC. The topological polar surface area (TPSA) is 149 Å². The third-order valence-electron chi connectivity index (χ3n) is 14.6. The first-order chi connectivity index (χ1) is 35.3. The number of rotatable bonds is 53. The first-order valence-electron chi connectivity index (χ1n) is 30.9. The van der Waals surface area contributed by atoms with Gasteiger partial charge in [0.1, 0.15) is 24.4 Å². The van der Waals surface area contributed by atoms with E-state index < -0.39 is 49.5 Å². The molecule has 9 nitrogen and oxygen atoms in total. The summed E-state index contributed by atoms with van der Waals surface area (Å²) in [6, 6.07) is -0.823. The highest BCUT2D eigenvalue weighted by Crippen LogP contribution is 2.23. The lowest BCUT2D eigenvalue weighted by Gasteiger charge is -2.40. The van der Waals surface area contributed by atoms with Crippen molar-refractivity contribution in [2.24, 2.45) is 0 Å². The molecular weight excluding hydrogens is 899 g/mol. The number of carbonyl (C=O) groups is 1. The second kappa shape index (κ2) is 52.6. The molecule has 1 heterocycles. The van der Waals surface area contributed by atoms with Gasteiger partial charge in [-0.15, -0.1) is 0 Å². The number of ether oxygens (including phenoxy) is 2. The zero-order chi connectivity index (χ0) is 52.2. The predicted octanol–water partition coefficient (Wildman–Crippen LogP) is 15.7. The van der Waals surface area contributed by atoms with Crippen molar-refractivity contribution in [3.8, 4) is 0 Å². The van der Waals surface area contributed by atoms with Crippen LogP contribution in [0.5, 0.6) is 0 Å². The molecule has 0 aromatic carbocycles. The van der Waals surface area contributed by atoms with Crippen LogP contribution < -0.4 is 5.32 Å². The van der Waals surface area contributed by atoms with Gasteiger partial charge in [-0.25, -0.2) is 0 Å². The van der Waals surface area contributed by atoms with Gasteiger partial charge in [0.25, 0.3) is 0 Å². The van der Waals surface area contributed by atoms with E-state index in [-0.39, 0.29) is 12.5 Å². The van der Waals surface area contributed by atoms with Crippen LogP contribution in [0.25, 0.3) is 0 Å². The average molecular weight is 1020 g/mol. The smallest absolute Gasteiger partial charge is 0.220 e. The Kier molecular flexibility index (Phi) is 49.8. The highest BCUT2D eigenvalue weighted by atomic mass is 16.7. The minimum absolute atomic E-state index is 0.184. The molecule has 0 aliphatic carbocycles. The van der Waals surface area contributed by atoms with E-state index in [1.54, 1.807) is 6.08 Å². The Morgan fingerprint density at radius 1 is 0.472 bits per heavy atom. The fraction of sp³-hybridized carbons (Fsp3) is 0.857. The third-order valence-corrected chi connectivity index (χ3v) is 14.6. The number of amides is 1. The van der Waals surface area contributed by atoms with Crippen molar-refractivity contribution in [1.82, 2.24) is 5.32 Å². The van der Waals surface area contributed by atoms with Crippen LogP contribution in [0.3, 0.4) is 0 Å². The maximum atomic E-state index is 13.1. The summed E-state index contributed by atoms with van der Waals surface area (Å²) in [7, 11) is 0. The molecule has 0 saturated carbocycles. The van der Waals surface area contributed by atoms with Crippen LogP contribution in [-0.2, 0) is 14.3 Å². The third kappa shape index (κ3) is 41.4. The molecule has 0 spiro atoms. The second-order valence-corrected chi connectivity index (χ2v) is 21.5. The zero-order valence-corrected chi connectivity index (χ0v) is 46.9. The standard InChI is InChI=1S/C63H117NO8/c1-3-5-7-9-11-13-15-17-19-21-23-25-27-28-29-30-31-33-35-37-39-41-43-45-47-49-51-53-59(67)64-56(55-71-63-62(70)61(69)60(68)58(54-65)72-63)57(66)52-50-48-46-44-42-40-38-36-34-32-26-24-22-20-18-16-14-12-10-8-6-4-2/h15,17,21,23,42,44,50,52,56-58,60-63,65-66,68-70H,3-14,16,18-20,22,24-41,43,45-49,51,53-55H2,1-2H3,(H,64,67)/b17-15-,23-21-,44-42+,52-50+. The first kappa shape index (κ1) is 68.2. The molecule has 6 N–H and O–H groups in total. The molecule has 0 bridgehead atoms. The van der Waals surface area contributed by atoms with E-state index in [1.165, 1.54) is 225 Å². The fourth-order valence-electron chi connectivity index (χ4n) is 9.73. The van der Waals surface area contributed by atoms with Gasteiger partial charge in [0, 0.05) is 6.42 Å². The van der Waals surface area contributed by atoms with E-state index in [1.807, 2.05) is 6.08 Å². The second-order valence-electron chi connectivity index (χ2n) is 21.5. The van der Waals surface area contributed by atoms with Gasteiger partial charge in [0.2, 0.25) is 5.91 Å². The summed E-state index contributed by atoms with van der Waals surface area (Å²) in [5.74, 6) is -0.184. The van der Waals surface area contributed by atoms with Crippen LogP contribution >= 0.6 is 0 Å². The minimum atomic E-state index is -1.57. The van der Waals surface area contributed by atoms with Crippen LogP contribution in [0.1, 0.15) is 290 Å². The molecule has 1 amide bonds. The van der Waals surface area contributed by atoms with E-state index in [4.69, 9.17) is 9.47 Å². The molecule has 0 radical (unpaired) electrons. The van der Waals surface area contributed by atoms with Crippen molar-refractivity contribution in [2.45, 2.75) is 333 Å². The Hall–Kier alpha value is -1.85. The van der Waals surface area contributed by atoms with Crippen molar-refractivity contribution in [3.05, 3.63) is 48.6 Å². The van der Waals surface area contributed by atoms with Crippen LogP contribution in [0.15, 0.2) is 48.6 Å². The Bertz CT molecular complexity index is 1270. The first-order valence-corrected chi connectivity index (χ1v) is 30.9. The molecule has 1 fully saturated rings. The molecule has 7 unspecified atom stereocenters. The van der Waals surface area contributed by atoms with Crippen molar-refractivity contribution in [1.29, 1.82) is 0 Å². The van der Waals surface area contributed by atoms with E-state index in [0.29, 0.717) is 6.42 Å². The number of hydrogen-bond acceptors (Lipinski definition) is 8. The molecule has 9 heteroatoms. The summed E-state index contributed by atoms with van der Waals surface area (Å²) in [4.78, 5) is 13.1. The Labute approximate surface area is 444 Å². The number of allylic oxidation sites excluding steroid dienone is 7. The van der Waals surface area contributed by atoms with Crippen LogP contribution in [-0.4, -0.2) is 87.5 Å². The number of hydrogen-bond donors (Lipinski definition) is 6. The van der Waals surface area contributed by atoms with Crippen LogP contribution in [0, 0.1) is 0 Å². The van der Waals surface area contributed by atoms with Gasteiger partial charge in [-0.05, 0) is 64.2 Å². The van der Waals surface area contributed by atoms with Gasteiger partial charge in [-0.1, -0.05) is 268 Å². The maximum Gasteiger partial charge on any atom is 0.220 e. The normalized spacial score (nSPS) is 19.5.